The lowest BCUT2D eigenvalue weighted by Crippen LogP contribution is -2.59. The van der Waals surface area contributed by atoms with Crippen molar-refractivity contribution in [2.45, 2.75) is 38.1 Å². The number of aromatic nitrogens is 1. The van der Waals surface area contributed by atoms with Crippen LogP contribution in [0.15, 0.2) is 24.4 Å². The SMILES string of the molecule is CCS(=O)(=O)N1C[C@@H]2CCCO[C@@H]2[C@H](Nc2ccccn2)C1.O=C(O)C(F)(F)F. The highest BCUT2D eigenvalue weighted by molar-refractivity contribution is 7.89. The minimum absolute atomic E-state index is 0.0547. The van der Waals surface area contributed by atoms with Crippen LogP contribution in [0.4, 0.5) is 19.0 Å². The van der Waals surface area contributed by atoms with E-state index in [9.17, 15) is 21.6 Å². The number of hydrogen-bond donors (Lipinski definition) is 2. The maximum atomic E-state index is 12.3. The Balaban J connectivity index is 0.000000370. The fourth-order valence-electron chi connectivity index (χ4n) is 3.34. The van der Waals surface area contributed by atoms with E-state index in [4.69, 9.17) is 14.6 Å². The number of carboxylic acid groups (broad SMARTS) is 1. The van der Waals surface area contributed by atoms with E-state index in [2.05, 4.69) is 10.3 Å². The molecule has 8 nitrogen and oxygen atoms in total. The van der Waals surface area contributed by atoms with E-state index in [1.807, 2.05) is 18.2 Å². The Hall–Kier alpha value is -1.92. The van der Waals surface area contributed by atoms with Gasteiger partial charge in [0.2, 0.25) is 10.0 Å². The number of nitrogens with one attached hydrogen (secondary N) is 1. The first kappa shape index (κ1) is 23.4. The van der Waals surface area contributed by atoms with Gasteiger partial charge in [0, 0.05) is 31.8 Å². The average Bonchev–Trinajstić information content (AvgIpc) is 2.68. The summed E-state index contributed by atoms with van der Waals surface area (Å²) >= 11 is 0. The van der Waals surface area contributed by atoms with Gasteiger partial charge in [-0.05, 0) is 31.9 Å². The van der Waals surface area contributed by atoms with Gasteiger partial charge in [0.05, 0.1) is 17.9 Å². The van der Waals surface area contributed by atoms with Gasteiger partial charge < -0.3 is 15.2 Å². The maximum Gasteiger partial charge on any atom is 0.490 e. The highest BCUT2D eigenvalue weighted by atomic mass is 32.2. The summed E-state index contributed by atoms with van der Waals surface area (Å²) in [6.45, 7) is 3.46. The van der Waals surface area contributed by atoms with Gasteiger partial charge in [0.15, 0.2) is 0 Å². The molecule has 1 aromatic rings. The molecule has 2 aliphatic rings. The third-order valence-electron chi connectivity index (χ3n) is 4.73. The fraction of sp³-hybridized carbons (Fsp3) is 0.647. The molecular weight excluding hydrogens is 415 g/mol. The van der Waals surface area contributed by atoms with Crippen molar-refractivity contribution in [2.24, 2.45) is 5.92 Å². The van der Waals surface area contributed by atoms with Crippen LogP contribution < -0.4 is 5.32 Å². The van der Waals surface area contributed by atoms with E-state index in [1.165, 1.54) is 0 Å². The second-order valence-electron chi connectivity index (χ2n) is 6.72. The van der Waals surface area contributed by atoms with Gasteiger partial charge in [0.1, 0.15) is 5.82 Å². The molecule has 2 aliphatic heterocycles. The number of nitrogens with zero attached hydrogens (tertiary/aromatic N) is 2. The summed E-state index contributed by atoms with van der Waals surface area (Å²) in [6, 6.07) is 5.61. The molecule has 2 saturated heterocycles. The van der Waals surface area contributed by atoms with Crippen molar-refractivity contribution >= 4 is 21.8 Å². The van der Waals surface area contributed by atoms with Crippen molar-refractivity contribution < 1.29 is 36.2 Å². The molecule has 2 N–H and O–H groups in total. The van der Waals surface area contributed by atoms with Crippen molar-refractivity contribution in [1.82, 2.24) is 9.29 Å². The van der Waals surface area contributed by atoms with Crippen LogP contribution in [0.3, 0.4) is 0 Å². The van der Waals surface area contributed by atoms with E-state index in [-0.39, 0.29) is 23.8 Å². The monoisotopic (exact) mass is 439 g/mol. The standard InChI is InChI=1S/C15H23N3O3S.C2HF3O2/c1-2-22(19,20)18-10-12-6-5-9-21-15(12)13(11-18)17-14-7-3-4-8-16-14;3-2(4,5)1(6)7/h3-4,7-8,12-13,15H,2,5-6,9-11H2,1H3,(H,16,17);(H,6,7)/t12-,13+,15-;/m0./s1. The van der Waals surface area contributed by atoms with Crippen molar-refractivity contribution in [3.05, 3.63) is 24.4 Å². The molecule has 12 heteroatoms. The molecule has 0 radical (unpaired) electrons. The lowest BCUT2D eigenvalue weighted by atomic mass is 9.86. The lowest BCUT2D eigenvalue weighted by Gasteiger charge is -2.45. The number of hydrogen-bond acceptors (Lipinski definition) is 6. The first-order valence-corrected chi connectivity index (χ1v) is 10.7. The molecular formula is C17H24F3N3O5S. The number of halogens is 3. The average molecular weight is 439 g/mol. The van der Waals surface area contributed by atoms with Gasteiger partial charge in [-0.2, -0.15) is 17.5 Å². The maximum absolute atomic E-state index is 12.3. The van der Waals surface area contributed by atoms with Crippen LogP contribution in [0.2, 0.25) is 0 Å². The van der Waals surface area contributed by atoms with E-state index in [0.29, 0.717) is 13.1 Å². The minimum atomic E-state index is -5.08. The zero-order valence-corrected chi connectivity index (χ0v) is 16.6. The van der Waals surface area contributed by atoms with E-state index in [1.54, 1.807) is 17.4 Å². The first-order chi connectivity index (χ1) is 13.5. The second-order valence-corrected chi connectivity index (χ2v) is 8.98. The number of carbonyl (C=O) groups is 1. The molecule has 0 unspecified atom stereocenters. The van der Waals surface area contributed by atoms with Crippen LogP contribution >= 0.6 is 0 Å². The van der Waals surface area contributed by atoms with Crippen molar-refractivity contribution in [3.63, 3.8) is 0 Å². The number of carboxylic acids is 1. The number of sulfonamides is 1. The van der Waals surface area contributed by atoms with Crippen LogP contribution in [-0.4, -0.2) is 72.6 Å². The molecule has 1 aromatic heterocycles. The van der Waals surface area contributed by atoms with E-state index in [0.717, 1.165) is 25.3 Å². The molecule has 0 spiro atoms. The molecule has 0 bridgehead atoms. The summed E-state index contributed by atoms with van der Waals surface area (Å²) in [5, 5.41) is 10.5. The summed E-state index contributed by atoms with van der Waals surface area (Å²) in [7, 11) is -3.18. The molecule has 0 aliphatic carbocycles. The molecule has 2 fully saturated rings. The lowest BCUT2D eigenvalue weighted by molar-refractivity contribution is -0.192. The highest BCUT2D eigenvalue weighted by Crippen LogP contribution is 2.31. The smallest absolute Gasteiger partial charge is 0.475 e. The molecule has 3 rings (SSSR count). The zero-order valence-electron chi connectivity index (χ0n) is 15.8. The number of fused-ring (bicyclic) bond motifs is 1. The Kier molecular flexibility index (Phi) is 7.83. The van der Waals surface area contributed by atoms with Gasteiger partial charge in [-0.15, -0.1) is 0 Å². The molecule has 164 valence electrons. The van der Waals surface area contributed by atoms with Crippen LogP contribution in [0, 0.1) is 5.92 Å². The predicted octanol–water partition coefficient (Wildman–Crippen LogP) is 1.96. The number of ether oxygens (including phenoxy) is 1. The normalized spacial score (nSPS) is 25.3. The summed E-state index contributed by atoms with van der Waals surface area (Å²) < 4.78 is 63.8. The minimum Gasteiger partial charge on any atom is -0.475 e. The van der Waals surface area contributed by atoms with Gasteiger partial charge in [-0.25, -0.2) is 18.2 Å². The molecule has 3 atom stereocenters. The number of piperidine rings is 1. The van der Waals surface area contributed by atoms with Crippen molar-refractivity contribution in [2.75, 3.05) is 30.8 Å². The van der Waals surface area contributed by atoms with Crippen LogP contribution in [0.5, 0.6) is 0 Å². The van der Waals surface area contributed by atoms with Crippen LogP contribution in [-0.2, 0) is 19.6 Å². The van der Waals surface area contributed by atoms with Gasteiger partial charge in [-0.1, -0.05) is 6.07 Å². The predicted molar refractivity (Wildman–Crippen MR) is 98.8 cm³/mol. The Morgan fingerprint density at radius 3 is 2.62 bits per heavy atom. The Bertz CT molecular complexity index is 776. The largest absolute Gasteiger partial charge is 0.490 e. The first-order valence-electron chi connectivity index (χ1n) is 9.11. The summed E-state index contributed by atoms with van der Waals surface area (Å²) in [5.74, 6) is -1.60. The highest BCUT2D eigenvalue weighted by Gasteiger charge is 2.42. The van der Waals surface area contributed by atoms with E-state index < -0.39 is 22.2 Å². The zero-order chi connectivity index (χ0) is 21.7. The molecule has 0 saturated carbocycles. The van der Waals surface area contributed by atoms with Crippen molar-refractivity contribution in [3.8, 4) is 0 Å². The molecule has 0 aromatic carbocycles. The van der Waals surface area contributed by atoms with Gasteiger partial charge in [0.25, 0.3) is 0 Å². The number of alkyl halides is 3. The second kappa shape index (κ2) is 9.72. The van der Waals surface area contributed by atoms with Crippen LogP contribution in [0.1, 0.15) is 19.8 Å². The summed E-state index contributed by atoms with van der Waals surface area (Å²) in [4.78, 5) is 13.2. The Morgan fingerprint density at radius 2 is 2.07 bits per heavy atom. The van der Waals surface area contributed by atoms with Gasteiger partial charge in [-0.3, -0.25) is 0 Å². The summed E-state index contributed by atoms with van der Waals surface area (Å²) in [5.41, 5.74) is 0. The molecule has 29 heavy (non-hydrogen) atoms. The molecule has 0 amide bonds. The van der Waals surface area contributed by atoms with Gasteiger partial charge >= 0.3 is 12.1 Å². The number of anilines is 1. The third kappa shape index (κ3) is 6.54. The summed E-state index contributed by atoms with van der Waals surface area (Å²) in [6.07, 6.45) is -1.29. The van der Waals surface area contributed by atoms with Crippen molar-refractivity contribution in [1.29, 1.82) is 0 Å². The fourth-order valence-corrected chi connectivity index (χ4v) is 4.51. The van der Waals surface area contributed by atoms with Crippen LogP contribution in [0.25, 0.3) is 0 Å². The topological polar surface area (TPSA) is 109 Å². The Labute approximate surface area is 167 Å². The number of aliphatic carboxylic acids is 1. The number of pyridine rings is 1. The quantitative estimate of drug-likeness (QED) is 0.738. The van der Waals surface area contributed by atoms with E-state index >= 15 is 0 Å². The Morgan fingerprint density at radius 1 is 1.38 bits per heavy atom. The number of rotatable bonds is 4. The molecule has 3 heterocycles. The third-order valence-corrected chi connectivity index (χ3v) is 6.54.